The van der Waals surface area contributed by atoms with E-state index in [1.807, 2.05) is 10.9 Å². The number of rotatable bonds is 5. The van der Waals surface area contributed by atoms with Crippen molar-refractivity contribution < 1.29 is 0 Å². The monoisotopic (exact) mass is 258 g/mol. The van der Waals surface area contributed by atoms with E-state index in [4.69, 9.17) is 0 Å². The van der Waals surface area contributed by atoms with Gasteiger partial charge in [-0.3, -0.25) is 4.68 Å². The van der Waals surface area contributed by atoms with E-state index in [1.165, 1.54) is 12.0 Å². The fourth-order valence-electron chi connectivity index (χ4n) is 1.59. The van der Waals surface area contributed by atoms with Crippen LogP contribution in [-0.4, -0.2) is 14.6 Å². The summed E-state index contributed by atoms with van der Waals surface area (Å²) in [7, 11) is 0. The molecule has 14 heavy (non-hydrogen) atoms. The lowest BCUT2D eigenvalue weighted by molar-refractivity contribution is 0.545. The van der Waals surface area contributed by atoms with Crippen LogP contribution in [0.5, 0.6) is 0 Å². The molecule has 1 heterocycles. The number of aryl methyl sites for hydroxylation is 1. The minimum absolute atomic E-state index is 0.618. The molecule has 0 bridgehead atoms. The van der Waals surface area contributed by atoms with Crippen LogP contribution in [-0.2, 0) is 13.0 Å². The molecule has 2 unspecified atom stereocenters. The summed E-state index contributed by atoms with van der Waals surface area (Å²) in [5, 5.41) is 4.27. The fraction of sp³-hybridized carbons (Fsp3) is 0.727. The number of aromatic nitrogens is 2. The highest BCUT2D eigenvalue weighted by Gasteiger charge is 2.13. The van der Waals surface area contributed by atoms with Crippen LogP contribution in [0.15, 0.2) is 12.4 Å². The Bertz CT molecular complexity index is 270. The van der Waals surface area contributed by atoms with Gasteiger partial charge in [0.05, 0.1) is 6.20 Å². The van der Waals surface area contributed by atoms with Crippen molar-refractivity contribution in [2.75, 3.05) is 0 Å². The molecule has 0 aliphatic rings. The molecule has 0 aromatic carbocycles. The number of nitrogens with zero attached hydrogens (tertiary/aromatic N) is 2. The van der Waals surface area contributed by atoms with Gasteiger partial charge in [-0.1, -0.05) is 29.8 Å². The van der Waals surface area contributed by atoms with Gasteiger partial charge in [0.1, 0.15) is 0 Å². The lowest BCUT2D eigenvalue weighted by atomic mass is 9.99. The number of hydrogen-bond donors (Lipinski definition) is 0. The van der Waals surface area contributed by atoms with Crippen molar-refractivity contribution >= 4 is 15.9 Å². The van der Waals surface area contributed by atoms with Crippen LogP contribution >= 0.6 is 15.9 Å². The first kappa shape index (κ1) is 11.8. The second-order valence-corrected chi connectivity index (χ2v) is 4.99. The Morgan fingerprint density at radius 1 is 1.50 bits per heavy atom. The second-order valence-electron chi connectivity index (χ2n) is 3.81. The molecule has 0 aliphatic carbocycles. The van der Waals surface area contributed by atoms with Crippen LogP contribution in [0.3, 0.4) is 0 Å². The molecule has 0 aliphatic heterocycles. The standard InChI is InChI=1S/C11H19BrN2/c1-4-11(12)9(3)6-10-7-13-14(5-2)8-10/h7-9,11H,4-6H2,1-3H3. The van der Waals surface area contributed by atoms with Crippen molar-refractivity contribution in [2.24, 2.45) is 5.92 Å². The number of alkyl halides is 1. The second kappa shape index (κ2) is 5.54. The van der Waals surface area contributed by atoms with E-state index in [9.17, 15) is 0 Å². The summed E-state index contributed by atoms with van der Waals surface area (Å²) < 4.78 is 1.98. The minimum Gasteiger partial charge on any atom is -0.273 e. The highest BCUT2D eigenvalue weighted by Crippen LogP contribution is 2.20. The fourth-order valence-corrected chi connectivity index (χ4v) is 1.77. The molecule has 0 saturated heterocycles. The molecule has 80 valence electrons. The van der Waals surface area contributed by atoms with Crippen LogP contribution in [0.2, 0.25) is 0 Å². The number of hydrogen-bond acceptors (Lipinski definition) is 1. The predicted molar refractivity (Wildman–Crippen MR) is 63.8 cm³/mol. The van der Waals surface area contributed by atoms with Gasteiger partial charge in [-0.25, -0.2) is 0 Å². The Hall–Kier alpha value is -0.310. The highest BCUT2D eigenvalue weighted by atomic mass is 79.9. The van der Waals surface area contributed by atoms with E-state index in [0.717, 1.165) is 13.0 Å². The van der Waals surface area contributed by atoms with Gasteiger partial charge >= 0.3 is 0 Å². The van der Waals surface area contributed by atoms with Crippen molar-refractivity contribution in [2.45, 2.75) is 45.0 Å². The maximum Gasteiger partial charge on any atom is 0.0521 e. The molecule has 2 nitrogen and oxygen atoms in total. The van der Waals surface area contributed by atoms with E-state index in [1.54, 1.807) is 0 Å². The van der Waals surface area contributed by atoms with Gasteiger partial charge in [0.25, 0.3) is 0 Å². The van der Waals surface area contributed by atoms with Gasteiger partial charge in [-0.2, -0.15) is 5.10 Å². The largest absolute Gasteiger partial charge is 0.273 e. The average Bonchev–Trinajstić information content (AvgIpc) is 2.64. The highest BCUT2D eigenvalue weighted by molar-refractivity contribution is 9.09. The molecule has 0 N–H and O–H groups in total. The van der Waals surface area contributed by atoms with E-state index < -0.39 is 0 Å². The Kier molecular flexibility index (Phi) is 4.66. The summed E-state index contributed by atoms with van der Waals surface area (Å²) >= 11 is 3.70. The third kappa shape index (κ3) is 3.12. The lowest BCUT2D eigenvalue weighted by Gasteiger charge is -2.15. The van der Waals surface area contributed by atoms with Crippen molar-refractivity contribution in [1.29, 1.82) is 0 Å². The van der Waals surface area contributed by atoms with Crippen LogP contribution < -0.4 is 0 Å². The molecule has 0 saturated carbocycles. The van der Waals surface area contributed by atoms with Crippen LogP contribution in [0.25, 0.3) is 0 Å². The maximum absolute atomic E-state index is 4.27. The Labute approximate surface area is 94.8 Å². The Balaban J connectivity index is 2.51. The van der Waals surface area contributed by atoms with Gasteiger partial charge < -0.3 is 0 Å². The zero-order valence-electron chi connectivity index (χ0n) is 9.20. The summed E-state index contributed by atoms with van der Waals surface area (Å²) in [6.45, 7) is 7.57. The van der Waals surface area contributed by atoms with E-state index in [0.29, 0.717) is 10.7 Å². The molecular formula is C11H19BrN2. The number of halogens is 1. The third-order valence-corrected chi connectivity index (χ3v) is 4.13. The molecule has 3 heteroatoms. The third-order valence-electron chi connectivity index (χ3n) is 2.58. The molecule has 0 fully saturated rings. The molecule has 1 rings (SSSR count). The van der Waals surface area contributed by atoms with Crippen molar-refractivity contribution in [3.05, 3.63) is 18.0 Å². The Morgan fingerprint density at radius 2 is 2.21 bits per heavy atom. The normalized spacial score (nSPS) is 15.4. The molecule has 0 spiro atoms. The summed E-state index contributed by atoms with van der Waals surface area (Å²) in [5.41, 5.74) is 1.34. The Morgan fingerprint density at radius 3 is 2.71 bits per heavy atom. The van der Waals surface area contributed by atoms with Crippen molar-refractivity contribution in [1.82, 2.24) is 9.78 Å². The lowest BCUT2D eigenvalue weighted by Crippen LogP contribution is -2.12. The molecular weight excluding hydrogens is 240 g/mol. The van der Waals surface area contributed by atoms with Gasteiger partial charge in [-0.15, -0.1) is 0 Å². The smallest absolute Gasteiger partial charge is 0.0521 e. The van der Waals surface area contributed by atoms with E-state index in [-0.39, 0.29) is 0 Å². The van der Waals surface area contributed by atoms with Gasteiger partial charge in [0.2, 0.25) is 0 Å². The molecule has 1 aromatic rings. The van der Waals surface area contributed by atoms with Gasteiger partial charge in [0, 0.05) is 17.6 Å². The first-order chi connectivity index (χ1) is 6.67. The zero-order valence-corrected chi connectivity index (χ0v) is 10.8. The zero-order chi connectivity index (χ0) is 10.6. The summed E-state index contributed by atoms with van der Waals surface area (Å²) in [6, 6.07) is 0. The van der Waals surface area contributed by atoms with E-state index >= 15 is 0 Å². The molecule has 0 radical (unpaired) electrons. The first-order valence-corrected chi connectivity index (χ1v) is 6.24. The molecule has 2 atom stereocenters. The summed E-state index contributed by atoms with van der Waals surface area (Å²) in [6.07, 6.45) is 6.42. The molecule has 0 amide bonds. The van der Waals surface area contributed by atoms with Crippen molar-refractivity contribution in [3.8, 4) is 0 Å². The SMILES string of the molecule is CCC(Br)C(C)Cc1cnn(CC)c1. The summed E-state index contributed by atoms with van der Waals surface area (Å²) in [4.78, 5) is 0.618. The van der Waals surface area contributed by atoms with Crippen LogP contribution in [0, 0.1) is 5.92 Å². The van der Waals surface area contributed by atoms with Crippen LogP contribution in [0.1, 0.15) is 32.8 Å². The first-order valence-electron chi connectivity index (χ1n) is 5.32. The maximum atomic E-state index is 4.27. The quantitative estimate of drug-likeness (QED) is 0.742. The van der Waals surface area contributed by atoms with Crippen molar-refractivity contribution in [3.63, 3.8) is 0 Å². The van der Waals surface area contributed by atoms with Gasteiger partial charge in [0.15, 0.2) is 0 Å². The average molecular weight is 259 g/mol. The predicted octanol–water partition coefficient (Wildman–Crippen LogP) is 3.26. The van der Waals surface area contributed by atoms with Crippen LogP contribution in [0.4, 0.5) is 0 Å². The molecule has 1 aromatic heterocycles. The van der Waals surface area contributed by atoms with E-state index in [2.05, 4.69) is 48.0 Å². The van der Waals surface area contributed by atoms with Gasteiger partial charge in [-0.05, 0) is 31.2 Å². The minimum atomic E-state index is 0.618. The summed E-state index contributed by atoms with van der Waals surface area (Å²) in [5.74, 6) is 0.675. The topological polar surface area (TPSA) is 17.8 Å².